The van der Waals surface area contributed by atoms with E-state index in [-0.39, 0.29) is 12.6 Å². The fourth-order valence-corrected chi connectivity index (χ4v) is 2.24. The summed E-state index contributed by atoms with van der Waals surface area (Å²) >= 11 is 0. The third kappa shape index (κ3) is 9.58. The molecule has 0 N–H and O–H groups in total. The largest absolute Gasteiger partial charge is 0.487 e. The molecule has 0 saturated heterocycles. The SMILES string of the molecule is CC(=O)OCc1ccc2c(c1)OCCOCCOCCOCCOCCO2. The number of hydrogen-bond donors (Lipinski definition) is 0. The molecule has 0 unspecified atom stereocenters. The van der Waals surface area contributed by atoms with Crippen molar-refractivity contribution < 1.29 is 38.0 Å². The van der Waals surface area contributed by atoms with Crippen LogP contribution in [-0.2, 0) is 35.1 Å². The van der Waals surface area contributed by atoms with Gasteiger partial charge in [0.25, 0.3) is 0 Å². The zero-order valence-corrected chi connectivity index (χ0v) is 15.8. The van der Waals surface area contributed by atoms with Gasteiger partial charge in [-0.2, -0.15) is 0 Å². The fourth-order valence-electron chi connectivity index (χ4n) is 2.24. The van der Waals surface area contributed by atoms with Crippen LogP contribution in [0.1, 0.15) is 12.5 Å². The van der Waals surface area contributed by atoms with Crippen LogP contribution in [-0.4, -0.2) is 72.0 Å². The number of fused-ring (bicyclic) bond motifs is 1. The summed E-state index contributed by atoms with van der Waals surface area (Å²) < 4.78 is 38.3. The van der Waals surface area contributed by atoms with Crippen molar-refractivity contribution in [3.05, 3.63) is 23.8 Å². The standard InChI is InChI=1S/C19H28O8/c1-16(20)27-15-17-2-3-18-19(14-17)26-13-11-24-9-7-22-5-4-21-6-8-23-10-12-25-18/h2-3,14H,4-13,15H2,1H3. The van der Waals surface area contributed by atoms with E-state index in [4.69, 9.17) is 33.2 Å². The lowest BCUT2D eigenvalue weighted by molar-refractivity contribution is -0.142. The van der Waals surface area contributed by atoms with Crippen LogP contribution >= 0.6 is 0 Å². The summed E-state index contributed by atoms with van der Waals surface area (Å²) in [5, 5.41) is 0. The van der Waals surface area contributed by atoms with Crippen molar-refractivity contribution in [1.29, 1.82) is 0 Å². The van der Waals surface area contributed by atoms with Crippen LogP contribution in [0.2, 0.25) is 0 Å². The summed E-state index contributed by atoms with van der Waals surface area (Å²) in [5.74, 6) is 0.845. The lowest BCUT2D eigenvalue weighted by Crippen LogP contribution is -2.16. The minimum atomic E-state index is -0.331. The average Bonchev–Trinajstić information content (AvgIpc) is 2.66. The van der Waals surface area contributed by atoms with Gasteiger partial charge in [0, 0.05) is 6.92 Å². The molecule has 152 valence electrons. The summed E-state index contributed by atoms with van der Waals surface area (Å²) in [7, 11) is 0. The quantitative estimate of drug-likeness (QED) is 0.711. The number of carbonyl (C=O) groups is 1. The van der Waals surface area contributed by atoms with E-state index >= 15 is 0 Å². The molecule has 0 amide bonds. The van der Waals surface area contributed by atoms with Gasteiger partial charge in [-0.3, -0.25) is 4.79 Å². The maximum absolute atomic E-state index is 11.0. The van der Waals surface area contributed by atoms with Crippen LogP contribution in [0.4, 0.5) is 0 Å². The molecule has 0 aromatic heterocycles. The van der Waals surface area contributed by atoms with Crippen molar-refractivity contribution in [3.8, 4) is 11.5 Å². The highest BCUT2D eigenvalue weighted by atomic mass is 16.6. The molecule has 2 rings (SSSR count). The Hall–Kier alpha value is -1.87. The second kappa shape index (κ2) is 13.3. The van der Waals surface area contributed by atoms with Gasteiger partial charge < -0.3 is 33.2 Å². The van der Waals surface area contributed by atoms with Crippen molar-refractivity contribution in [2.24, 2.45) is 0 Å². The molecule has 0 bridgehead atoms. The zero-order valence-electron chi connectivity index (χ0n) is 15.8. The van der Waals surface area contributed by atoms with E-state index < -0.39 is 0 Å². The molecule has 1 heterocycles. The first-order chi connectivity index (χ1) is 13.3. The summed E-state index contributed by atoms with van der Waals surface area (Å²) in [4.78, 5) is 11.0. The van der Waals surface area contributed by atoms with Crippen molar-refractivity contribution in [2.45, 2.75) is 13.5 Å². The fraction of sp³-hybridized carbons (Fsp3) is 0.632. The molecule has 0 aliphatic carbocycles. The van der Waals surface area contributed by atoms with E-state index in [1.54, 1.807) is 12.1 Å². The third-order valence-corrected chi connectivity index (χ3v) is 3.54. The molecule has 0 radical (unpaired) electrons. The van der Waals surface area contributed by atoms with Gasteiger partial charge in [0.2, 0.25) is 0 Å². The highest BCUT2D eigenvalue weighted by molar-refractivity contribution is 5.66. The van der Waals surface area contributed by atoms with Gasteiger partial charge in [0.1, 0.15) is 19.8 Å². The van der Waals surface area contributed by atoms with Crippen LogP contribution < -0.4 is 9.47 Å². The third-order valence-electron chi connectivity index (χ3n) is 3.54. The minimum Gasteiger partial charge on any atom is -0.487 e. The number of carbonyl (C=O) groups excluding carboxylic acids is 1. The van der Waals surface area contributed by atoms with Gasteiger partial charge in [0.15, 0.2) is 11.5 Å². The second-order valence-corrected chi connectivity index (χ2v) is 5.71. The molecule has 0 atom stereocenters. The lowest BCUT2D eigenvalue weighted by atomic mass is 10.2. The Labute approximate surface area is 159 Å². The van der Waals surface area contributed by atoms with Crippen molar-refractivity contribution in [3.63, 3.8) is 0 Å². The zero-order chi connectivity index (χ0) is 19.2. The highest BCUT2D eigenvalue weighted by Gasteiger charge is 2.09. The first-order valence-corrected chi connectivity index (χ1v) is 9.08. The van der Waals surface area contributed by atoms with Crippen molar-refractivity contribution >= 4 is 5.97 Å². The molecular formula is C19H28O8. The van der Waals surface area contributed by atoms with E-state index in [0.29, 0.717) is 77.6 Å². The molecule has 1 aromatic carbocycles. The number of benzene rings is 1. The van der Waals surface area contributed by atoms with E-state index in [2.05, 4.69) is 0 Å². The van der Waals surface area contributed by atoms with Crippen LogP contribution in [0.5, 0.6) is 11.5 Å². The molecule has 0 saturated carbocycles. The Morgan fingerprint density at radius 3 is 1.78 bits per heavy atom. The number of hydrogen-bond acceptors (Lipinski definition) is 8. The van der Waals surface area contributed by atoms with Crippen LogP contribution in [0.3, 0.4) is 0 Å². The Morgan fingerprint density at radius 2 is 1.26 bits per heavy atom. The monoisotopic (exact) mass is 384 g/mol. The predicted octanol–water partition coefficient (Wildman–Crippen LogP) is 1.59. The molecule has 8 heteroatoms. The van der Waals surface area contributed by atoms with Gasteiger partial charge >= 0.3 is 5.97 Å². The van der Waals surface area contributed by atoms with E-state index in [0.717, 1.165) is 5.56 Å². The molecule has 8 nitrogen and oxygen atoms in total. The van der Waals surface area contributed by atoms with Gasteiger partial charge in [-0.15, -0.1) is 0 Å². The molecule has 1 aliphatic rings. The van der Waals surface area contributed by atoms with Gasteiger partial charge in [-0.1, -0.05) is 6.07 Å². The lowest BCUT2D eigenvalue weighted by Gasteiger charge is -2.15. The van der Waals surface area contributed by atoms with Gasteiger partial charge in [-0.05, 0) is 17.7 Å². The highest BCUT2D eigenvalue weighted by Crippen LogP contribution is 2.29. The Kier molecular flexibility index (Phi) is 10.6. The normalized spacial score (nSPS) is 18.1. The number of ether oxygens (including phenoxy) is 7. The first kappa shape index (κ1) is 21.4. The topological polar surface area (TPSA) is 81.7 Å². The molecule has 1 aromatic rings. The Balaban J connectivity index is 1.92. The summed E-state index contributed by atoms with van der Waals surface area (Å²) in [5.41, 5.74) is 0.817. The van der Waals surface area contributed by atoms with Crippen LogP contribution in [0, 0.1) is 0 Å². The van der Waals surface area contributed by atoms with Crippen LogP contribution in [0.15, 0.2) is 18.2 Å². The van der Waals surface area contributed by atoms with Gasteiger partial charge in [0.05, 0.1) is 52.9 Å². The van der Waals surface area contributed by atoms with E-state index in [1.807, 2.05) is 6.07 Å². The molecule has 0 fully saturated rings. The molecule has 0 spiro atoms. The Bertz CT molecular complexity index is 549. The van der Waals surface area contributed by atoms with Crippen molar-refractivity contribution in [1.82, 2.24) is 0 Å². The van der Waals surface area contributed by atoms with Crippen molar-refractivity contribution in [2.75, 3.05) is 66.1 Å². The minimum absolute atomic E-state index is 0.183. The number of rotatable bonds is 2. The average molecular weight is 384 g/mol. The van der Waals surface area contributed by atoms with E-state index in [9.17, 15) is 4.79 Å². The predicted molar refractivity (Wildman–Crippen MR) is 96.2 cm³/mol. The Morgan fingerprint density at radius 1 is 0.778 bits per heavy atom. The summed E-state index contributed by atoms with van der Waals surface area (Å²) in [6, 6.07) is 5.43. The van der Waals surface area contributed by atoms with E-state index in [1.165, 1.54) is 6.92 Å². The maximum Gasteiger partial charge on any atom is 0.302 e. The molecule has 27 heavy (non-hydrogen) atoms. The summed E-state index contributed by atoms with van der Waals surface area (Å²) in [6.45, 7) is 6.25. The summed E-state index contributed by atoms with van der Waals surface area (Å²) in [6.07, 6.45) is 0. The van der Waals surface area contributed by atoms with Crippen LogP contribution in [0.25, 0.3) is 0 Å². The second-order valence-electron chi connectivity index (χ2n) is 5.71. The molecule has 1 aliphatic heterocycles. The van der Waals surface area contributed by atoms with Gasteiger partial charge in [-0.25, -0.2) is 0 Å². The first-order valence-electron chi connectivity index (χ1n) is 9.08. The smallest absolute Gasteiger partial charge is 0.302 e. The number of esters is 1. The molecular weight excluding hydrogens is 356 g/mol. The maximum atomic E-state index is 11.0.